The Bertz CT molecular complexity index is 1160. The van der Waals surface area contributed by atoms with E-state index >= 15 is 0 Å². The molecule has 2 aromatic carbocycles. The number of carboxylic acid groups (broad SMARTS) is 2. The highest BCUT2D eigenvalue weighted by Crippen LogP contribution is 2.26. The average Bonchev–Trinajstić information content (AvgIpc) is 3.30. The topological polar surface area (TPSA) is 156 Å². The molecule has 1 saturated carbocycles. The Labute approximate surface area is 208 Å². The van der Waals surface area contributed by atoms with E-state index in [0.717, 1.165) is 30.7 Å². The molecule has 37 heavy (non-hydrogen) atoms. The Hall–Kier alpha value is -4.49. The first-order valence-electron chi connectivity index (χ1n) is 11.0. The van der Waals surface area contributed by atoms with Gasteiger partial charge in [-0.05, 0) is 74.2 Å². The molecule has 0 radical (unpaired) electrons. The maximum Gasteiger partial charge on any atom is 0.573 e. The second-order valence-electron chi connectivity index (χ2n) is 7.75. The molecule has 4 N–H and O–H groups in total. The fraction of sp³-hybridized carbons (Fsp3) is 0.304. The Kier molecular flexibility index (Phi) is 9.13. The summed E-state index contributed by atoms with van der Waals surface area (Å²) in [6.45, 7) is 0. The number of alkyl halides is 3. The van der Waals surface area contributed by atoms with E-state index in [1.807, 2.05) is 0 Å². The number of nitrogens with zero attached hydrogens (tertiary/aromatic N) is 2. The van der Waals surface area contributed by atoms with E-state index in [0.29, 0.717) is 11.4 Å². The minimum absolute atomic E-state index is 0.0964. The van der Waals surface area contributed by atoms with Crippen LogP contribution in [0.1, 0.15) is 42.8 Å². The van der Waals surface area contributed by atoms with Gasteiger partial charge in [0.15, 0.2) is 0 Å². The van der Waals surface area contributed by atoms with Crippen molar-refractivity contribution in [2.24, 2.45) is 0 Å². The van der Waals surface area contributed by atoms with Gasteiger partial charge in [0.05, 0.1) is 6.10 Å². The van der Waals surface area contributed by atoms with Gasteiger partial charge in [-0.2, -0.15) is 0 Å². The van der Waals surface area contributed by atoms with Crippen molar-refractivity contribution < 1.29 is 46.9 Å². The monoisotopic (exact) mass is 524 g/mol. The lowest BCUT2D eigenvalue weighted by Gasteiger charge is -2.23. The van der Waals surface area contributed by atoms with Gasteiger partial charge >= 0.3 is 30.3 Å². The Morgan fingerprint density at radius 1 is 0.892 bits per heavy atom. The molecule has 1 amide bonds. The highest BCUT2D eigenvalue weighted by molar-refractivity contribution is 6.00. The zero-order valence-corrected chi connectivity index (χ0v) is 19.2. The van der Waals surface area contributed by atoms with Gasteiger partial charge in [-0.1, -0.05) is 11.5 Å². The van der Waals surface area contributed by atoms with E-state index in [9.17, 15) is 18.0 Å². The smallest absolute Gasteiger partial charge is 0.490 e. The molecule has 1 aromatic heterocycles. The highest BCUT2D eigenvalue weighted by atomic mass is 19.4. The molecular weight excluding hydrogens is 501 g/mol. The Balaban J connectivity index is 0.000000886. The molecule has 11 nitrogen and oxygen atoms in total. The van der Waals surface area contributed by atoms with Crippen LogP contribution >= 0.6 is 0 Å². The number of anilines is 3. The second kappa shape index (κ2) is 12.5. The first-order valence-corrected chi connectivity index (χ1v) is 11.0. The van der Waals surface area contributed by atoms with Crippen LogP contribution < -0.4 is 20.1 Å². The van der Waals surface area contributed by atoms with Crippen LogP contribution in [0, 0.1) is 0 Å². The molecule has 4 rings (SSSR count). The van der Waals surface area contributed by atoms with Crippen LogP contribution in [-0.2, 0) is 0 Å². The fourth-order valence-corrected chi connectivity index (χ4v) is 3.41. The van der Waals surface area contributed by atoms with Crippen molar-refractivity contribution >= 4 is 29.5 Å². The van der Waals surface area contributed by atoms with Crippen molar-refractivity contribution in [2.75, 3.05) is 10.6 Å². The van der Waals surface area contributed by atoms with Crippen LogP contribution in [0.15, 0.2) is 52.9 Å². The van der Waals surface area contributed by atoms with E-state index in [2.05, 4.69) is 25.6 Å². The van der Waals surface area contributed by atoms with Crippen LogP contribution in [0.4, 0.5) is 35.4 Å². The average molecular weight is 524 g/mol. The summed E-state index contributed by atoms with van der Waals surface area (Å²) in [5.74, 6) is -0.507. The molecule has 0 spiro atoms. The number of rotatable bonds is 7. The largest absolute Gasteiger partial charge is 0.573 e. The normalized spacial score (nSPS) is 13.6. The summed E-state index contributed by atoms with van der Waals surface area (Å²) in [7, 11) is 0. The van der Waals surface area contributed by atoms with Crippen LogP contribution in [0.2, 0.25) is 0 Å². The molecule has 0 atom stereocenters. The summed E-state index contributed by atoms with van der Waals surface area (Å²) in [6, 6.07) is 11.8. The quantitative estimate of drug-likeness (QED) is 0.293. The van der Waals surface area contributed by atoms with Crippen molar-refractivity contribution in [1.82, 2.24) is 10.2 Å². The van der Waals surface area contributed by atoms with Crippen LogP contribution in [-0.4, -0.2) is 44.9 Å². The third kappa shape index (κ3) is 9.58. The van der Waals surface area contributed by atoms with Crippen molar-refractivity contribution in [3.63, 3.8) is 0 Å². The number of hydrogen-bond donors (Lipinski definition) is 4. The SMILES string of the molecule is O=C(Nc1ccc(OC2CCCCC2)cc1)c1nnc(Nc2ccc(OC(F)(F)F)cc2)o1.O=C(O)O. The first kappa shape index (κ1) is 27.1. The predicted octanol–water partition coefficient (Wildman–Crippen LogP) is 5.90. The molecule has 1 aliphatic rings. The molecule has 0 unspecified atom stereocenters. The van der Waals surface area contributed by atoms with E-state index < -0.39 is 18.4 Å². The van der Waals surface area contributed by atoms with E-state index in [1.165, 1.54) is 31.4 Å². The van der Waals surface area contributed by atoms with Gasteiger partial charge in [0.2, 0.25) is 0 Å². The molecule has 0 saturated heterocycles. The molecule has 1 fully saturated rings. The van der Waals surface area contributed by atoms with E-state index in [1.54, 1.807) is 24.3 Å². The number of halogens is 3. The summed E-state index contributed by atoms with van der Waals surface area (Å²) >= 11 is 0. The summed E-state index contributed by atoms with van der Waals surface area (Å²) in [4.78, 5) is 20.9. The summed E-state index contributed by atoms with van der Waals surface area (Å²) in [5.41, 5.74) is 0.901. The van der Waals surface area contributed by atoms with Gasteiger partial charge in [0, 0.05) is 11.4 Å². The third-order valence-electron chi connectivity index (χ3n) is 4.93. The van der Waals surface area contributed by atoms with Gasteiger partial charge < -0.3 is 34.7 Å². The molecule has 3 aromatic rings. The van der Waals surface area contributed by atoms with Crippen LogP contribution in [0.5, 0.6) is 11.5 Å². The molecule has 1 heterocycles. The minimum Gasteiger partial charge on any atom is -0.490 e. The number of amides is 1. The predicted molar refractivity (Wildman–Crippen MR) is 123 cm³/mol. The van der Waals surface area contributed by atoms with Crippen LogP contribution in [0.25, 0.3) is 0 Å². The molecule has 0 bridgehead atoms. The van der Waals surface area contributed by atoms with Crippen molar-refractivity contribution in [3.05, 3.63) is 54.4 Å². The Morgan fingerprint density at radius 3 is 2.05 bits per heavy atom. The lowest BCUT2D eigenvalue weighted by molar-refractivity contribution is -0.274. The van der Waals surface area contributed by atoms with Gasteiger partial charge in [-0.3, -0.25) is 4.79 Å². The lowest BCUT2D eigenvalue weighted by Crippen LogP contribution is -2.19. The van der Waals surface area contributed by atoms with Gasteiger partial charge in [0.25, 0.3) is 0 Å². The number of carbonyl (C=O) groups excluding carboxylic acids is 1. The maximum absolute atomic E-state index is 12.4. The van der Waals surface area contributed by atoms with Crippen molar-refractivity contribution in [2.45, 2.75) is 44.6 Å². The summed E-state index contributed by atoms with van der Waals surface area (Å²) in [5, 5.41) is 26.7. The first-order chi connectivity index (χ1) is 17.6. The van der Waals surface area contributed by atoms with Crippen molar-refractivity contribution in [1.29, 1.82) is 0 Å². The van der Waals surface area contributed by atoms with E-state index in [-0.39, 0.29) is 23.8 Å². The molecule has 0 aliphatic heterocycles. The number of hydrogen-bond acceptors (Lipinski definition) is 8. The standard InChI is InChI=1S/C22H21F3N4O4.CH2O3/c23-22(24,25)33-18-12-8-15(9-13-18)27-21-29-28-20(32-21)19(30)26-14-6-10-17(11-7-14)31-16-4-2-1-3-5-16;2-1(3)4/h6-13,16H,1-5H2,(H,26,30)(H,27,29);(H2,2,3,4). The highest BCUT2D eigenvalue weighted by Gasteiger charge is 2.31. The number of aromatic nitrogens is 2. The van der Waals surface area contributed by atoms with Gasteiger partial charge in [-0.25, -0.2) is 4.79 Å². The number of ether oxygens (including phenoxy) is 2. The summed E-state index contributed by atoms with van der Waals surface area (Å²) < 4.78 is 51.7. The molecule has 198 valence electrons. The molecule has 14 heteroatoms. The van der Waals surface area contributed by atoms with Gasteiger partial charge in [-0.15, -0.1) is 18.3 Å². The van der Waals surface area contributed by atoms with E-state index in [4.69, 9.17) is 24.2 Å². The number of benzene rings is 2. The second-order valence-corrected chi connectivity index (χ2v) is 7.75. The zero-order valence-electron chi connectivity index (χ0n) is 19.2. The van der Waals surface area contributed by atoms with Crippen LogP contribution in [0.3, 0.4) is 0 Å². The maximum atomic E-state index is 12.4. The van der Waals surface area contributed by atoms with Gasteiger partial charge in [0.1, 0.15) is 11.5 Å². The molecular formula is C23H23F3N4O7. The summed E-state index contributed by atoms with van der Waals surface area (Å²) in [6.07, 6.45) is -0.658. The molecule has 1 aliphatic carbocycles. The number of nitrogens with one attached hydrogen (secondary N) is 2. The Morgan fingerprint density at radius 2 is 1.46 bits per heavy atom. The third-order valence-corrected chi connectivity index (χ3v) is 4.93. The fourth-order valence-electron chi connectivity index (χ4n) is 3.41. The lowest BCUT2D eigenvalue weighted by atomic mass is 9.98. The van der Waals surface area contributed by atoms with Crippen molar-refractivity contribution in [3.8, 4) is 11.5 Å². The number of carbonyl (C=O) groups is 2. The zero-order chi connectivity index (χ0) is 26.8. The minimum atomic E-state index is -4.77.